The minimum Gasteiger partial charge on any atom is -0.378 e. The van der Waals surface area contributed by atoms with Crippen LogP contribution < -0.4 is 5.32 Å². The molecule has 0 radical (unpaired) electrons. The van der Waals surface area contributed by atoms with Crippen molar-refractivity contribution in [1.29, 1.82) is 0 Å². The van der Waals surface area contributed by atoms with Crippen molar-refractivity contribution in [3.63, 3.8) is 0 Å². The fraction of sp³-hybridized carbons (Fsp3) is 0.609. The number of ether oxygens (including phenoxy) is 2. The van der Waals surface area contributed by atoms with Crippen molar-refractivity contribution in [3.8, 4) is 0 Å². The van der Waals surface area contributed by atoms with Gasteiger partial charge in [-0.25, -0.2) is 4.79 Å². The van der Waals surface area contributed by atoms with E-state index in [4.69, 9.17) is 9.47 Å². The molecule has 174 valence electrons. The van der Waals surface area contributed by atoms with Gasteiger partial charge in [-0.15, -0.1) is 0 Å². The predicted molar refractivity (Wildman–Crippen MR) is 121 cm³/mol. The summed E-state index contributed by atoms with van der Waals surface area (Å²) in [5.74, 6) is 0.946. The molecule has 3 fully saturated rings. The molecule has 1 aromatic carbocycles. The van der Waals surface area contributed by atoms with E-state index in [2.05, 4.69) is 5.32 Å². The van der Waals surface area contributed by atoms with Crippen LogP contribution in [-0.2, 0) is 24.8 Å². The molecule has 3 aliphatic rings. The molecule has 1 unspecified atom stereocenters. The number of amides is 3. The molecule has 9 heteroatoms. The molecule has 4 rings (SSSR count). The van der Waals surface area contributed by atoms with Gasteiger partial charge in [-0.05, 0) is 24.8 Å². The van der Waals surface area contributed by atoms with E-state index in [9.17, 15) is 14.4 Å². The Hall–Kier alpha value is -2.10. The van der Waals surface area contributed by atoms with Gasteiger partial charge in [-0.3, -0.25) is 9.59 Å². The SMILES string of the molecule is O=C1CO[C@H]2CCCCN(C(=O)C(CSCc3ccccc3)NC(=O)N3CCOCC3)[C@@H]12. The number of hydrogen-bond donors (Lipinski definition) is 1. The zero-order chi connectivity index (χ0) is 22.3. The lowest BCUT2D eigenvalue weighted by Crippen LogP contribution is -2.58. The zero-order valence-electron chi connectivity index (χ0n) is 18.2. The summed E-state index contributed by atoms with van der Waals surface area (Å²) in [5.41, 5.74) is 1.16. The Bertz CT molecular complexity index is 802. The third kappa shape index (κ3) is 5.63. The van der Waals surface area contributed by atoms with Crippen molar-refractivity contribution in [2.45, 2.75) is 43.2 Å². The van der Waals surface area contributed by atoms with E-state index in [1.54, 1.807) is 21.6 Å². The predicted octanol–water partition coefficient (Wildman–Crippen LogP) is 1.68. The number of rotatable bonds is 6. The van der Waals surface area contributed by atoms with Crippen LogP contribution in [0.5, 0.6) is 0 Å². The first-order valence-electron chi connectivity index (χ1n) is 11.3. The quantitative estimate of drug-likeness (QED) is 0.694. The summed E-state index contributed by atoms with van der Waals surface area (Å²) in [4.78, 5) is 42.4. The van der Waals surface area contributed by atoms with Crippen LogP contribution in [0.3, 0.4) is 0 Å². The first-order chi connectivity index (χ1) is 15.6. The maximum Gasteiger partial charge on any atom is 0.318 e. The van der Waals surface area contributed by atoms with Gasteiger partial charge in [-0.1, -0.05) is 30.3 Å². The minimum atomic E-state index is -0.703. The lowest BCUT2D eigenvalue weighted by molar-refractivity contribution is -0.139. The van der Waals surface area contributed by atoms with E-state index >= 15 is 0 Å². The largest absolute Gasteiger partial charge is 0.378 e. The van der Waals surface area contributed by atoms with Crippen molar-refractivity contribution < 1.29 is 23.9 Å². The van der Waals surface area contributed by atoms with Gasteiger partial charge in [-0.2, -0.15) is 11.8 Å². The Kier molecular flexibility index (Phi) is 8.05. The Morgan fingerprint density at radius 3 is 2.69 bits per heavy atom. The number of nitrogens with one attached hydrogen (secondary N) is 1. The number of benzene rings is 1. The first kappa shape index (κ1) is 23.1. The summed E-state index contributed by atoms with van der Waals surface area (Å²) in [7, 11) is 0. The number of Topliss-reactive ketones (excluding diaryl/α,β-unsaturated/α-hetero) is 1. The number of carbonyl (C=O) groups excluding carboxylic acids is 3. The molecule has 3 aliphatic heterocycles. The van der Waals surface area contributed by atoms with Crippen molar-refractivity contribution in [1.82, 2.24) is 15.1 Å². The average Bonchev–Trinajstić information content (AvgIpc) is 3.05. The number of fused-ring (bicyclic) bond motifs is 1. The average molecular weight is 462 g/mol. The van der Waals surface area contributed by atoms with Crippen LogP contribution in [0.25, 0.3) is 0 Å². The molecule has 0 aromatic heterocycles. The molecule has 32 heavy (non-hydrogen) atoms. The van der Waals surface area contributed by atoms with Gasteiger partial charge in [0.25, 0.3) is 0 Å². The topological polar surface area (TPSA) is 88.2 Å². The molecule has 3 atom stereocenters. The van der Waals surface area contributed by atoms with Crippen molar-refractivity contribution >= 4 is 29.5 Å². The van der Waals surface area contributed by atoms with E-state index in [1.807, 2.05) is 30.3 Å². The van der Waals surface area contributed by atoms with Crippen molar-refractivity contribution in [2.75, 3.05) is 45.2 Å². The van der Waals surface area contributed by atoms with E-state index < -0.39 is 12.1 Å². The van der Waals surface area contributed by atoms with Crippen LogP contribution in [-0.4, -0.2) is 90.9 Å². The van der Waals surface area contributed by atoms with Crippen molar-refractivity contribution in [2.24, 2.45) is 0 Å². The second-order valence-electron chi connectivity index (χ2n) is 8.39. The van der Waals surface area contributed by atoms with E-state index in [1.165, 1.54) is 0 Å². The molecule has 1 aromatic rings. The molecule has 0 bridgehead atoms. The summed E-state index contributed by atoms with van der Waals surface area (Å²) < 4.78 is 11.0. The fourth-order valence-corrected chi connectivity index (χ4v) is 5.46. The number of ketones is 1. The van der Waals surface area contributed by atoms with Crippen LogP contribution in [0.4, 0.5) is 4.79 Å². The standard InChI is InChI=1S/C23H31N3O5S/c27-19-14-31-20-8-4-5-9-26(21(19)20)22(28)18(16-32-15-17-6-2-1-3-7-17)24-23(29)25-10-12-30-13-11-25/h1-3,6-7,18,20-21H,4-5,8-16H2,(H,24,29)/t18?,20-,21-/m0/s1. The van der Waals surface area contributed by atoms with Gasteiger partial charge >= 0.3 is 6.03 Å². The fourth-order valence-electron chi connectivity index (χ4n) is 4.45. The van der Waals surface area contributed by atoms with Crippen molar-refractivity contribution in [3.05, 3.63) is 35.9 Å². The number of likely N-dealkylation sites (tertiary alicyclic amines) is 1. The molecule has 0 saturated carbocycles. The summed E-state index contributed by atoms with van der Waals surface area (Å²) in [6, 6.07) is 8.54. The summed E-state index contributed by atoms with van der Waals surface area (Å²) >= 11 is 1.61. The zero-order valence-corrected chi connectivity index (χ0v) is 19.1. The Morgan fingerprint density at radius 2 is 1.91 bits per heavy atom. The third-order valence-corrected chi connectivity index (χ3v) is 7.27. The van der Waals surface area contributed by atoms with Gasteiger partial charge in [0.1, 0.15) is 18.7 Å². The maximum atomic E-state index is 13.6. The third-order valence-electron chi connectivity index (χ3n) is 6.17. The second-order valence-corrected chi connectivity index (χ2v) is 9.42. The highest BCUT2D eigenvalue weighted by Gasteiger charge is 2.44. The molecule has 3 saturated heterocycles. The summed E-state index contributed by atoms with van der Waals surface area (Å²) in [6.07, 6.45) is 2.30. The number of hydrogen-bond acceptors (Lipinski definition) is 6. The van der Waals surface area contributed by atoms with Gasteiger partial charge < -0.3 is 24.6 Å². The smallest absolute Gasteiger partial charge is 0.318 e. The van der Waals surface area contributed by atoms with E-state index in [0.29, 0.717) is 38.6 Å². The molecule has 3 amide bonds. The molecule has 1 N–H and O–H groups in total. The number of morpholine rings is 1. The monoisotopic (exact) mass is 461 g/mol. The highest BCUT2D eigenvalue weighted by Crippen LogP contribution is 2.27. The second kappa shape index (κ2) is 11.2. The molecule has 0 aliphatic carbocycles. The Labute approximate surface area is 193 Å². The highest BCUT2D eigenvalue weighted by molar-refractivity contribution is 7.98. The molecular formula is C23H31N3O5S. The van der Waals surface area contributed by atoms with Crippen LogP contribution in [0.2, 0.25) is 0 Å². The Balaban J connectivity index is 1.46. The summed E-state index contributed by atoms with van der Waals surface area (Å²) in [6.45, 7) is 2.58. The molecular weight excluding hydrogens is 430 g/mol. The first-order valence-corrected chi connectivity index (χ1v) is 12.5. The van der Waals surface area contributed by atoms with Gasteiger partial charge in [0, 0.05) is 31.1 Å². The Morgan fingerprint density at radius 1 is 1.12 bits per heavy atom. The van der Waals surface area contributed by atoms with Gasteiger partial charge in [0.15, 0.2) is 5.78 Å². The number of urea groups is 1. The highest BCUT2D eigenvalue weighted by atomic mass is 32.2. The number of nitrogens with zero attached hydrogens (tertiary/aromatic N) is 2. The normalized spacial score (nSPS) is 24.6. The molecule has 0 spiro atoms. The number of thioether (sulfide) groups is 1. The molecule has 3 heterocycles. The van der Waals surface area contributed by atoms with Crippen LogP contribution >= 0.6 is 11.8 Å². The lowest BCUT2D eigenvalue weighted by Gasteiger charge is -2.33. The summed E-state index contributed by atoms with van der Waals surface area (Å²) in [5, 5.41) is 2.95. The van der Waals surface area contributed by atoms with Gasteiger partial charge in [0.2, 0.25) is 5.91 Å². The minimum absolute atomic E-state index is 0.0413. The lowest BCUT2D eigenvalue weighted by atomic mass is 10.0. The molecule has 8 nitrogen and oxygen atoms in total. The van der Waals surface area contributed by atoms with Crippen LogP contribution in [0, 0.1) is 0 Å². The van der Waals surface area contributed by atoms with Gasteiger partial charge in [0.05, 0.1) is 19.3 Å². The maximum absolute atomic E-state index is 13.6. The van der Waals surface area contributed by atoms with Crippen LogP contribution in [0.1, 0.15) is 24.8 Å². The van der Waals surface area contributed by atoms with E-state index in [0.717, 1.165) is 30.6 Å². The van der Waals surface area contributed by atoms with Crippen LogP contribution in [0.15, 0.2) is 30.3 Å². The number of carbonyl (C=O) groups is 3. The van der Waals surface area contributed by atoms with E-state index in [-0.39, 0.29) is 30.4 Å².